The third-order valence-corrected chi connectivity index (χ3v) is 3.24. The monoisotopic (exact) mass is 222 g/mol. The van der Waals surface area contributed by atoms with Gasteiger partial charge in [0, 0.05) is 6.42 Å². The van der Waals surface area contributed by atoms with Crippen LogP contribution in [0.1, 0.15) is 30.7 Å². The zero-order chi connectivity index (χ0) is 11.5. The van der Waals surface area contributed by atoms with Gasteiger partial charge in [0.2, 0.25) is 0 Å². The van der Waals surface area contributed by atoms with Gasteiger partial charge in [0.05, 0.1) is 7.11 Å². The van der Waals surface area contributed by atoms with Crippen LogP contribution in [0.5, 0.6) is 0 Å². The van der Waals surface area contributed by atoms with Gasteiger partial charge in [-0.25, -0.2) is 4.39 Å². The summed E-state index contributed by atoms with van der Waals surface area (Å²) >= 11 is 0. The maximum atomic E-state index is 13.0. The summed E-state index contributed by atoms with van der Waals surface area (Å²) in [6, 6.07) is 6.72. The fourth-order valence-electron chi connectivity index (χ4n) is 2.25. The van der Waals surface area contributed by atoms with Crippen molar-refractivity contribution < 1.29 is 13.9 Å². The molecule has 1 aromatic rings. The zero-order valence-corrected chi connectivity index (χ0v) is 9.28. The van der Waals surface area contributed by atoms with Crippen LogP contribution in [-0.4, -0.2) is 13.1 Å². The first-order chi connectivity index (χ1) is 7.69. The zero-order valence-electron chi connectivity index (χ0n) is 9.28. The summed E-state index contributed by atoms with van der Waals surface area (Å²) in [6.45, 7) is 0. The predicted molar refractivity (Wildman–Crippen MR) is 58.5 cm³/mol. The summed E-state index contributed by atoms with van der Waals surface area (Å²) in [5, 5.41) is 0. The summed E-state index contributed by atoms with van der Waals surface area (Å²) in [7, 11) is 1.41. The lowest BCUT2D eigenvalue weighted by Crippen LogP contribution is -2.24. The van der Waals surface area contributed by atoms with Crippen LogP contribution in [0.2, 0.25) is 0 Å². The molecule has 3 heteroatoms. The second kappa shape index (κ2) is 4.64. The molecular formula is C13H15FO2. The second-order valence-corrected chi connectivity index (χ2v) is 4.37. The minimum absolute atomic E-state index is 0.150. The number of carbonyl (C=O) groups is 1. The first-order valence-electron chi connectivity index (χ1n) is 5.51. The summed E-state index contributed by atoms with van der Waals surface area (Å²) in [4.78, 5) is 11.0. The van der Waals surface area contributed by atoms with E-state index in [-0.39, 0.29) is 11.8 Å². The molecule has 0 amide bonds. The molecule has 0 spiro atoms. The first-order valence-corrected chi connectivity index (χ1v) is 5.51. The number of rotatable bonds is 3. The van der Waals surface area contributed by atoms with Crippen molar-refractivity contribution in [1.82, 2.24) is 0 Å². The quantitative estimate of drug-likeness (QED) is 0.735. The highest BCUT2D eigenvalue weighted by Crippen LogP contribution is 2.43. The molecule has 1 aliphatic carbocycles. The van der Waals surface area contributed by atoms with Crippen LogP contribution >= 0.6 is 0 Å². The number of hydrogen-bond acceptors (Lipinski definition) is 2. The van der Waals surface area contributed by atoms with Crippen LogP contribution in [0.4, 0.5) is 4.39 Å². The standard InChI is InChI=1S/C13H15FO2/c1-16-13(15)7-9-5-11(6-9)10-3-2-4-12(14)8-10/h2-4,8-9,11H,5-7H2,1H3. The number of esters is 1. The molecule has 2 rings (SSSR count). The van der Waals surface area contributed by atoms with E-state index in [1.54, 1.807) is 12.1 Å². The molecule has 0 heterocycles. The third-order valence-electron chi connectivity index (χ3n) is 3.24. The van der Waals surface area contributed by atoms with Gasteiger partial charge in [-0.15, -0.1) is 0 Å². The molecule has 1 aliphatic rings. The van der Waals surface area contributed by atoms with Gasteiger partial charge in [-0.1, -0.05) is 12.1 Å². The lowest BCUT2D eigenvalue weighted by atomic mass is 9.70. The Balaban J connectivity index is 1.86. The van der Waals surface area contributed by atoms with E-state index >= 15 is 0 Å². The molecule has 0 atom stereocenters. The molecule has 0 saturated heterocycles. The molecule has 2 nitrogen and oxygen atoms in total. The van der Waals surface area contributed by atoms with Crippen molar-refractivity contribution in [1.29, 1.82) is 0 Å². The Kier molecular flexibility index (Phi) is 3.22. The third kappa shape index (κ3) is 2.40. The molecule has 0 aromatic heterocycles. The van der Waals surface area contributed by atoms with Crippen LogP contribution in [0.15, 0.2) is 24.3 Å². The van der Waals surface area contributed by atoms with Gasteiger partial charge in [0.15, 0.2) is 0 Å². The van der Waals surface area contributed by atoms with Gasteiger partial charge in [0.1, 0.15) is 5.82 Å². The molecule has 0 aliphatic heterocycles. The van der Waals surface area contributed by atoms with E-state index in [9.17, 15) is 9.18 Å². The maximum absolute atomic E-state index is 13.0. The minimum atomic E-state index is -0.186. The average Bonchev–Trinajstić information content (AvgIpc) is 2.22. The molecule has 0 bridgehead atoms. The number of carbonyl (C=O) groups excluding carboxylic acids is 1. The molecule has 0 radical (unpaired) electrons. The van der Waals surface area contributed by atoms with Crippen LogP contribution in [-0.2, 0) is 9.53 Å². The van der Waals surface area contributed by atoms with Crippen molar-refractivity contribution in [2.45, 2.75) is 25.2 Å². The van der Waals surface area contributed by atoms with E-state index in [0.717, 1.165) is 18.4 Å². The van der Waals surface area contributed by atoms with E-state index < -0.39 is 0 Å². The topological polar surface area (TPSA) is 26.3 Å². The lowest BCUT2D eigenvalue weighted by Gasteiger charge is -2.35. The Labute approximate surface area is 94.4 Å². The molecule has 1 saturated carbocycles. The first kappa shape index (κ1) is 11.1. The van der Waals surface area contributed by atoms with Gasteiger partial charge >= 0.3 is 5.97 Å². The van der Waals surface area contributed by atoms with Crippen molar-refractivity contribution in [2.75, 3.05) is 7.11 Å². The van der Waals surface area contributed by atoms with Crippen molar-refractivity contribution >= 4 is 5.97 Å². The Morgan fingerprint density at radius 1 is 1.50 bits per heavy atom. The second-order valence-electron chi connectivity index (χ2n) is 4.37. The van der Waals surface area contributed by atoms with Crippen LogP contribution in [0, 0.1) is 11.7 Å². The van der Waals surface area contributed by atoms with Gasteiger partial charge in [-0.05, 0) is 42.4 Å². The molecule has 1 fully saturated rings. The largest absolute Gasteiger partial charge is 0.469 e. The SMILES string of the molecule is COC(=O)CC1CC(c2cccc(F)c2)C1. The highest BCUT2D eigenvalue weighted by molar-refractivity contribution is 5.69. The van der Waals surface area contributed by atoms with E-state index in [1.807, 2.05) is 6.07 Å². The van der Waals surface area contributed by atoms with Crippen molar-refractivity contribution in [3.8, 4) is 0 Å². The van der Waals surface area contributed by atoms with Crippen LogP contribution < -0.4 is 0 Å². The Morgan fingerprint density at radius 2 is 2.25 bits per heavy atom. The summed E-state index contributed by atoms with van der Waals surface area (Å²) in [6.07, 6.45) is 2.40. The predicted octanol–water partition coefficient (Wildman–Crippen LogP) is 2.88. The van der Waals surface area contributed by atoms with Gasteiger partial charge < -0.3 is 4.74 Å². The Morgan fingerprint density at radius 3 is 2.88 bits per heavy atom. The van der Waals surface area contributed by atoms with Gasteiger partial charge in [-0.3, -0.25) is 4.79 Å². The average molecular weight is 222 g/mol. The summed E-state index contributed by atoms with van der Waals surface area (Å²) in [5.41, 5.74) is 1.04. The minimum Gasteiger partial charge on any atom is -0.469 e. The Bertz CT molecular complexity index is 383. The molecule has 16 heavy (non-hydrogen) atoms. The van der Waals surface area contributed by atoms with Crippen molar-refractivity contribution in [2.24, 2.45) is 5.92 Å². The number of methoxy groups -OCH3 is 1. The lowest BCUT2D eigenvalue weighted by molar-refractivity contribution is -0.142. The van der Waals surface area contributed by atoms with E-state index in [1.165, 1.54) is 13.2 Å². The fourth-order valence-corrected chi connectivity index (χ4v) is 2.25. The summed E-state index contributed by atoms with van der Waals surface area (Å²) < 4.78 is 17.6. The highest BCUT2D eigenvalue weighted by atomic mass is 19.1. The molecule has 86 valence electrons. The van der Waals surface area contributed by atoms with Crippen LogP contribution in [0.25, 0.3) is 0 Å². The Hall–Kier alpha value is -1.38. The normalized spacial score (nSPS) is 23.6. The molecular weight excluding hydrogens is 207 g/mol. The number of halogens is 1. The number of ether oxygens (including phenoxy) is 1. The van der Waals surface area contributed by atoms with Crippen molar-refractivity contribution in [3.05, 3.63) is 35.6 Å². The maximum Gasteiger partial charge on any atom is 0.305 e. The number of hydrogen-bond donors (Lipinski definition) is 0. The van der Waals surface area contributed by atoms with E-state index in [2.05, 4.69) is 4.74 Å². The smallest absolute Gasteiger partial charge is 0.305 e. The van der Waals surface area contributed by atoms with Gasteiger partial charge in [0.25, 0.3) is 0 Å². The van der Waals surface area contributed by atoms with Gasteiger partial charge in [-0.2, -0.15) is 0 Å². The van der Waals surface area contributed by atoms with Crippen molar-refractivity contribution in [3.63, 3.8) is 0 Å². The summed E-state index contributed by atoms with van der Waals surface area (Å²) in [5.74, 6) is 0.475. The molecule has 0 N–H and O–H groups in total. The van der Waals surface area contributed by atoms with Crippen LogP contribution in [0.3, 0.4) is 0 Å². The van der Waals surface area contributed by atoms with E-state index in [0.29, 0.717) is 18.3 Å². The van der Waals surface area contributed by atoms with E-state index in [4.69, 9.17) is 0 Å². The molecule has 1 aromatic carbocycles. The highest BCUT2D eigenvalue weighted by Gasteiger charge is 2.32. The fraction of sp³-hybridized carbons (Fsp3) is 0.462. The molecule has 0 unspecified atom stereocenters. The number of benzene rings is 1.